The smallest absolute Gasteiger partial charge is 0.315 e. The SMILES string of the molecule is COC(=O)CSCC(N=[N+]=[N-])C(=O)OC. The van der Waals surface area contributed by atoms with E-state index in [0.717, 1.165) is 11.8 Å². The third kappa shape index (κ3) is 5.82. The van der Waals surface area contributed by atoms with Gasteiger partial charge in [0.1, 0.15) is 6.04 Å². The quantitative estimate of drug-likeness (QED) is 0.291. The Morgan fingerprint density at radius 1 is 1.47 bits per heavy atom. The molecule has 0 aromatic carbocycles. The van der Waals surface area contributed by atoms with E-state index in [4.69, 9.17) is 5.53 Å². The lowest BCUT2D eigenvalue weighted by Crippen LogP contribution is -2.22. The first-order chi connectivity index (χ1) is 7.15. The number of azide groups is 1. The molecule has 0 saturated heterocycles. The van der Waals surface area contributed by atoms with Crippen molar-refractivity contribution < 1.29 is 19.1 Å². The minimum Gasteiger partial charge on any atom is -0.469 e. The van der Waals surface area contributed by atoms with E-state index in [1.807, 2.05) is 0 Å². The maximum Gasteiger partial charge on any atom is 0.315 e. The van der Waals surface area contributed by atoms with Crippen molar-refractivity contribution in [1.82, 2.24) is 0 Å². The fourth-order valence-electron chi connectivity index (χ4n) is 0.660. The molecule has 0 spiro atoms. The zero-order valence-electron chi connectivity index (χ0n) is 8.37. The summed E-state index contributed by atoms with van der Waals surface area (Å²) in [7, 11) is 2.47. The third-order valence-corrected chi connectivity index (χ3v) is 2.38. The highest BCUT2D eigenvalue weighted by atomic mass is 32.2. The summed E-state index contributed by atoms with van der Waals surface area (Å²) in [6.07, 6.45) is 0. The number of esters is 2. The van der Waals surface area contributed by atoms with Crippen LogP contribution in [0.4, 0.5) is 0 Å². The van der Waals surface area contributed by atoms with Gasteiger partial charge in [-0.25, -0.2) is 0 Å². The van der Waals surface area contributed by atoms with Crippen LogP contribution >= 0.6 is 11.8 Å². The summed E-state index contributed by atoms with van der Waals surface area (Å²) in [5.74, 6) is -0.730. The highest BCUT2D eigenvalue weighted by Crippen LogP contribution is 2.08. The van der Waals surface area contributed by atoms with Gasteiger partial charge in [-0.15, -0.1) is 11.8 Å². The number of carbonyl (C=O) groups excluding carboxylic acids is 2. The van der Waals surface area contributed by atoms with Crippen LogP contribution < -0.4 is 0 Å². The number of hydrogen-bond donors (Lipinski definition) is 0. The number of hydrogen-bond acceptors (Lipinski definition) is 6. The molecule has 0 N–H and O–H groups in total. The molecule has 84 valence electrons. The lowest BCUT2D eigenvalue weighted by Gasteiger charge is -2.07. The normalized spacial score (nSPS) is 11.1. The Bertz CT molecular complexity index is 277. The van der Waals surface area contributed by atoms with Crippen LogP contribution in [0.1, 0.15) is 0 Å². The average molecular weight is 233 g/mol. The van der Waals surface area contributed by atoms with Crippen LogP contribution in [0.2, 0.25) is 0 Å². The topological polar surface area (TPSA) is 101 Å². The third-order valence-electron chi connectivity index (χ3n) is 1.39. The Balaban J connectivity index is 4.02. The average Bonchev–Trinajstić information content (AvgIpc) is 2.26. The molecule has 0 fully saturated rings. The molecule has 0 aromatic rings. The highest BCUT2D eigenvalue weighted by molar-refractivity contribution is 8.00. The molecule has 1 unspecified atom stereocenters. The molecule has 0 aliphatic carbocycles. The van der Waals surface area contributed by atoms with E-state index < -0.39 is 18.0 Å². The molecule has 0 heterocycles. The van der Waals surface area contributed by atoms with E-state index in [9.17, 15) is 9.59 Å². The van der Waals surface area contributed by atoms with E-state index in [0.29, 0.717) is 0 Å². The van der Waals surface area contributed by atoms with Gasteiger partial charge in [0.2, 0.25) is 0 Å². The second-order valence-electron chi connectivity index (χ2n) is 2.34. The van der Waals surface area contributed by atoms with E-state index in [-0.39, 0.29) is 11.5 Å². The Hall–Kier alpha value is -1.40. The Morgan fingerprint density at radius 2 is 2.13 bits per heavy atom. The first-order valence-corrected chi connectivity index (χ1v) is 5.07. The molecular weight excluding hydrogens is 222 g/mol. The van der Waals surface area contributed by atoms with Gasteiger partial charge in [0, 0.05) is 10.7 Å². The number of methoxy groups -OCH3 is 2. The van der Waals surface area contributed by atoms with Crippen LogP contribution in [0.25, 0.3) is 10.4 Å². The van der Waals surface area contributed by atoms with Crippen LogP contribution in [0.15, 0.2) is 5.11 Å². The minimum absolute atomic E-state index is 0.102. The van der Waals surface area contributed by atoms with Crippen molar-refractivity contribution in [2.75, 3.05) is 25.7 Å². The molecule has 0 saturated carbocycles. The predicted molar refractivity (Wildman–Crippen MR) is 54.3 cm³/mol. The van der Waals surface area contributed by atoms with Crippen molar-refractivity contribution in [3.05, 3.63) is 10.4 Å². The molecule has 15 heavy (non-hydrogen) atoms. The zero-order chi connectivity index (χ0) is 11.7. The Morgan fingerprint density at radius 3 is 2.60 bits per heavy atom. The lowest BCUT2D eigenvalue weighted by molar-refractivity contribution is -0.141. The number of carbonyl (C=O) groups is 2. The number of thioether (sulfide) groups is 1. The van der Waals surface area contributed by atoms with Crippen molar-refractivity contribution in [3.63, 3.8) is 0 Å². The summed E-state index contributed by atoms with van der Waals surface area (Å²) in [6, 6.07) is -0.908. The lowest BCUT2D eigenvalue weighted by atomic mass is 10.4. The van der Waals surface area contributed by atoms with Crippen molar-refractivity contribution in [3.8, 4) is 0 Å². The predicted octanol–water partition coefficient (Wildman–Crippen LogP) is 0.744. The molecule has 1 atom stereocenters. The van der Waals surface area contributed by atoms with Crippen LogP contribution in [-0.2, 0) is 19.1 Å². The number of nitrogens with zero attached hydrogens (tertiary/aromatic N) is 3. The van der Waals surface area contributed by atoms with Gasteiger partial charge in [-0.1, -0.05) is 5.11 Å². The fourth-order valence-corrected chi connectivity index (χ4v) is 1.49. The van der Waals surface area contributed by atoms with Crippen LogP contribution in [0.5, 0.6) is 0 Å². The van der Waals surface area contributed by atoms with E-state index in [1.165, 1.54) is 14.2 Å². The molecule has 0 aliphatic heterocycles. The van der Waals surface area contributed by atoms with Crippen LogP contribution in [0.3, 0.4) is 0 Å². The maximum atomic E-state index is 11.0. The highest BCUT2D eigenvalue weighted by Gasteiger charge is 2.17. The standard InChI is InChI=1S/C7H11N3O4S/c1-13-6(11)4-15-3-5(9-10-8)7(12)14-2/h5H,3-4H2,1-2H3. The molecule has 7 nitrogen and oxygen atoms in total. The molecule has 0 rings (SSSR count). The van der Waals surface area contributed by atoms with Crippen LogP contribution in [-0.4, -0.2) is 43.7 Å². The Kier molecular flexibility index (Phi) is 7.21. The summed E-state index contributed by atoms with van der Waals surface area (Å²) in [6.45, 7) is 0. The summed E-state index contributed by atoms with van der Waals surface area (Å²) in [4.78, 5) is 24.3. The van der Waals surface area contributed by atoms with E-state index in [1.54, 1.807) is 0 Å². The number of ether oxygens (including phenoxy) is 2. The maximum absolute atomic E-state index is 11.0. The zero-order valence-corrected chi connectivity index (χ0v) is 9.19. The first-order valence-electron chi connectivity index (χ1n) is 3.92. The van der Waals surface area contributed by atoms with Crippen LogP contribution in [0, 0.1) is 0 Å². The second-order valence-corrected chi connectivity index (χ2v) is 3.37. The summed E-state index contributed by atoms with van der Waals surface area (Å²) in [5.41, 5.74) is 8.19. The van der Waals surface area contributed by atoms with E-state index >= 15 is 0 Å². The minimum atomic E-state index is -0.908. The van der Waals surface area contributed by atoms with Gasteiger partial charge < -0.3 is 9.47 Å². The molecule has 8 heteroatoms. The summed E-state index contributed by atoms with van der Waals surface area (Å²) in [5, 5.41) is 3.25. The van der Waals surface area contributed by atoms with Gasteiger partial charge in [0.15, 0.2) is 0 Å². The van der Waals surface area contributed by atoms with Gasteiger partial charge in [-0.05, 0) is 5.53 Å². The monoisotopic (exact) mass is 233 g/mol. The van der Waals surface area contributed by atoms with Gasteiger partial charge in [0.25, 0.3) is 0 Å². The first kappa shape index (κ1) is 13.6. The molecular formula is C7H11N3O4S. The fraction of sp³-hybridized carbons (Fsp3) is 0.714. The van der Waals surface area contributed by atoms with Crippen molar-refractivity contribution in [2.24, 2.45) is 5.11 Å². The Labute approximate surface area is 90.7 Å². The van der Waals surface area contributed by atoms with Gasteiger partial charge in [-0.3, -0.25) is 9.59 Å². The summed E-state index contributed by atoms with van der Waals surface area (Å²) >= 11 is 1.14. The summed E-state index contributed by atoms with van der Waals surface area (Å²) < 4.78 is 8.81. The van der Waals surface area contributed by atoms with Gasteiger partial charge in [-0.2, -0.15) is 0 Å². The van der Waals surface area contributed by atoms with Gasteiger partial charge in [0.05, 0.1) is 20.0 Å². The second kappa shape index (κ2) is 7.95. The van der Waals surface area contributed by atoms with Crippen molar-refractivity contribution in [1.29, 1.82) is 0 Å². The van der Waals surface area contributed by atoms with Gasteiger partial charge >= 0.3 is 11.9 Å². The van der Waals surface area contributed by atoms with E-state index in [2.05, 4.69) is 19.5 Å². The van der Waals surface area contributed by atoms with Crippen molar-refractivity contribution >= 4 is 23.7 Å². The molecule has 0 bridgehead atoms. The number of rotatable bonds is 6. The molecule has 0 radical (unpaired) electrons. The molecule has 0 amide bonds. The molecule has 0 aliphatic rings. The van der Waals surface area contributed by atoms with Crippen molar-refractivity contribution in [2.45, 2.75) is 6.04 Å². The largest absolute Gasteiger partial charge is 0.469 e. The molecule has 0 aromatic heterocycles.